The highest BCUT2D eigenvalue weighted by atomic mass is 35.5. The second-order valence-electron chi connectivity index (χ2n) is 6.26. The molecule has 138 valence electrons. The van der Waals surface area contributed by atoms with E-state index in [1.807, 2.05) is 0 Å². The van der Waals surface area contributed by atoms with Crippen molar-refractivity contribution in [2.45, 2.75) is 31.9 Å². The van der Waals surface area contributed by atoms with Crippen LogP contribution in [0.3, 0.4) is 0 Å². The van der Waals surface area contributed by atoms with Crippen molar-refractivity contribution in [2.75, 3.05) is 11.9 Å². The molecule has 1 aromatic carbocycles. The van der Waals surface area contributed by atoms with Gasteiger partial charge in [-0.3, -0.25) is 0 Å². The van der Waals surface area contributed by atoms with E-state index in [4.69, 9.17) is 23.2 Å². The van der Waals surface area contributed by atoms with Crippen LogP contribution in [0.1, 0.15) is 18.7 Å². The van der Waals surface area contributed by atoms with Crippen LogP contribution in [0, 0.1) is 12.8 Å². The maximum absolute atomic E-state index is 9.98. The predicted octanol–water partition coefficient (Wildman–Crippen LogP) is 4.05. The summed E-state index contributed by atoms with van der Waals surface area (Å²) in [7, 11) is 0. The molecule has 1 aliphatic carbocycles. The van der Waals surface area contributed by atoms with Crippen molar-refractivity contribution < 1.29 is 10.2 Å². The van der Waals surface area contributed by atoms with Crippen molar-refractivity contribution in [3.05, 3.63) is 40.3 Å². The zero-order valence-corrected chi connectivity index (χ0v) is 15.6. The minimum Gasteiger partial charge on any atom is -0.396 e. The Bertz CT molecular complexity index is 800. The van der Waals surface area contributed by atoms with Crippen LogP contribution in [0.4, 0.5) is 17.2 Å². The van der Waals surface area contributed by atoms with E-state index >= 15 is 0 Å². The first-order valence-electron chi connectivity index (χ1n) is 8.23. The zero-order valence-electron chi connectivity index (χ0n) is 14.1. The monoisotopic (exact) mass is 395 g/mol. The van der Waals surface area contributed by atoms with E-state index < -0.39 is 6.10 Å². The predicted molar refractivity (Wildman–Crippen MR) is 101 cm³/mol. The van der Waals surface area contributed by atoms with E-state index in [0.29, 0.717) is 40.9 Å². The Labute approximate surface area is 161 Å². The van der Waals surface area contributed by atoms with Crippen molar-refractivity contribution in [1.29, 1.82) is 0 Å². The molecule has 1 heterocycles. The molecule has 0 radical (unpaired) electrons. The van der Waals surface area contributed by atoms with Crippen molar-refractivity contribution in [3.63, 3.8) is 0 Å². The van der Waals surface area contributed by atoms with Crippen molar-refractivity contribution in [3.8, 4) is 0 Å². The van der Waals surface area contributed by atoms with Gasteiger partial charge in [-0.05, 0) is 44.0 Å². The smallest absolute Gasteiger partial charge is 0.165 e. The van der Waals surface area contributed by atoms with Gasteiger partial charge in [0.15, 0.2) is 16.7 Å². The van der Waals surface area contributed by atoms with E-state index in [9.17, 15) is 10.2 Å². The largest absolute Gasteiger partial charge is 0.396 e. The third kappa shape index (κ3) is 4.48. The quantitative estimate of drug-likeness (QED) is 0.523. The van der Waals surface area contributed by atoms with E-state index in [1.54, 1.807) is 31.2 Å². The van der Waals surface area contributed by atoms with Gasteiger partial charge in [-0.1, -0.05) is 23.2 Å². The Balaban J connectivity index is 1.84. The molecule has 0 bridgehead atoms. The van der Waals surface area contributed by atoms with Crippen molar-refractivity contribution in [1.82, 2.24) is 9.97 Å². The molecule has 3 rings (SSSR count). The first kappa shape index (κ1) is 19.0. The number of nitrogens with zero attached hydrogens (tertiary/aromatic N) is 4. The van der Waals surface area contributed by atoms with Gasteiger partial charge in [-0.2, -0.15) is 5.11 Å². The Kier molecular flexibility index (Phi) is 6.03. The third-order valence-corrected chi connectivity index (χ3v) is 4.79. The molecule has 0 spiro atoms. The Morgan fingerprint density at radius 3 is 2.54 bits per heavy atom. The second-order valence-corrected chi connectivity index (χ2v) is 7.05. The molecule has 7 nitrogen and oxygen atoms in total. The van der Waals surface area contributed by atoms with Crippen LogP contribution in [-0.4, -0.2) is 38.9 Å². The molecule has 1 saturated carbocycles. The minimum absolute atomic E-state index is 0.0444. The minimum atomic E-state index is -0.546. The number of aliphatic hydroxyl groups excluding tert-OH is 2. The Morgan fingerprint density at radius 1 is 1.15 bits per heavy atom. The summed E-state index contributed by atoms with van der Waals surface area (Å²) in [5.74, 6) is 0.807. The summed E-state index contributed by atoms with van der Waals surface area (Å²) in [4.78, 5) is 8.51. The van der Waals surface area contributed by atoms with Gasteiger partial charge < -0.3 is 15.5 Å². The highest BCUT2D eigenvalue weighted by Crippen LogP contribution is 2.35. The fraction of sp³-hybridized carbons (Fsp3) is 0.412. The van der Waals surface area contributed by atoms with E-state index in [-0.39, 0.29) is 23.7 Å². The molecule has 0 unspecified atom stereocenters. The second kappa shape index (κ2) is 8.26. The molecular weight excluding hydrogens is 377 g/mol. The number of aromatic nitrogens is 2. The van der Waals surface area contributed by atoms with Gasteiger partial charge in [-0.15, -0.1) is 5.11 Å². The normalized spacial score (nSPS) is 22.9. The topological polar surface area (TPSA) is 103 Å². The van der Waals surface area contributed by atoms with Gasteiger partial charge in [0, 0.05) is 23.6 Å². The van der Waals surface area contributed by atoms with Crippen LogP contribution in [0.5, 0.6) is 0 Å². The van der Waals surface area contributed by atoms with Crippen molar-refractivity contribution in [2.24, 2.45) is 16.1 Å². The van der Waals surface area contributed by atoms with Gasteiger partial charge in [0.25, 0.3) is 0 Å². The fourth-order valence-electron chi connectivity index (χ4n) is 2.95. The highest BCUT2D eigenvalue weighted by Gasteiger charge is 2.33. The SMILES string of the molecule is Cc1nc(Cl)c(N=Nc2ccc(Cl)cc2)c(N[C@@H]2C[C@H](CO)[C@@H](O)C2)n1. The van der Waals surface area contributed by atoms with Gasteiger partial charge in [0.2, 0.25) is 0 Å². The molecule has 3 N–H and O–H groups in total. The number of hydrogen-bond donors (Lipinski definition) is 3. The number of azo groups is 1. The lowest BCUT2D eigenvalue weighted by Gasteiger charge is -2.15. The molecule has 1 aliphatic rings. The van der Waals surface area contributed by atoms with Crippen LogP contribution in [0.25, 0.3) is 0 Å². The zero-order chi connectivity index (χ0) is 18.7. The van der Waals surface area contributed by atoms with Crippen LogP contribution in [-0.2, 0) is 0 Å². The highest BCUT2D eigenvalue weighted by molar-refractivity contribution is 6.32. The number of benzene rings is 1. The first-order chi connectivity index (χ1) is 12.5. The van der Waals surface area contributed by atoms with Gasteiger partial charge in [0.05, 0.1) is 11.8 Å². The molecule has 0 saturated heterocycles. The summed E-state index contributed by atoms with van der Waals surface area (Å²) < 4.78 is 0. The number of halogens is 2. The van der Waals surface area contributed by atoms with Gasteiger partial charge >= 0.3 is 0 Å². The van der Waals surface area contributed by atoms with E-state index in [1.165, 1.54) is 0 Å². The van der Waals surface area contributed by atoms with Crippen LogP contribution in [0.2, 0.25) is 10.2 Å². The summed E-state index contributed by atoms with van der Waals surface area (Å²) >= 11 is 12.1. The lowest BCUT2D eigenvalue weighted by atomic mass is 10.1. The number of hydrogen-bond acceptors (Lipinski definition) is 7. The van der Waals surface area contributed by atoms with E-state index in [2.05, 4.69) is 25.5 Å². The van der Waals surface area contributed by atoms with Crippen LogP contribution in [0.15, 0.2) is 34.5 Å². The lowest BCUT2D eigenvalue weighted by molar-refractivity contribution is 0.0908. The number of aryl methyl sites for hydroxylation is 1. The lowest BCUT2D eigenvalue weighted by Crippen LogP contribution is -2.18. The maximum atomic E-state index is 9.98. The number of nitrogens with one attached hydrogen (secondary N) is 1. The number of rotatable bonds is 5. The third-order valence-electron chi connectivity index (χ3n) is 4.28. The standard InChI is InChI=1S/C17H19Cl2N5O2/c1-9-20-16(19)15(24-23-12-4-2-11(18)3-5-12)17(21-9)22-13-6-10(8-25)14(26)7-13/h2-5,10,13-14,25-26H,6-8H2,1H3,(H,20,21,22)/t10-,13-,14+/m1/s1. The summed E-state index contributed by atoms with van der Waals surface area (Å²) in [5, 5.41) is 31.7. The molecule has 3 atom stereocenters. The average Bonchev–Trinajstić information content (AvgIpc) is 2.95. The summed E-state index contributed by atoms with van der Waals surface area (Å²) in [6.07, 6.45) is 0.598. The molecule has 9 heteroatoms. The van der Waals surface area contributed by atoms with E-state index in [0.717, 1.165) is 0 Å². The van der Waals surface area contributed by atoms with Gasteiger partial charge in [0.1, 0.15) is 5.82 Å². The number of anilines is 1. The van der Waals surface area contributed by atoms with Crippen LogP contribution >= 0.6 is 23.2 Å². The van der Waals surface area contributed by atoms with Crippen LogP contribution < -0.4 is 5.32 Å². The fourth-order valence-corrected chi connectivity index (χ4v) is 3.32. The summed E-state index contributed by atoms with van der Waals surface area (Å²) in [6, 6.07) is 6.87. The molecule has 26 heavy (non-hydrogen) atoms. The Morgan fingerprint density at radius 2 is 1.88 bits per heavy atom. The van der Waals surface area contributed by atoms with Crippen molar-refractivity contribution >= 4 is 40.4 Å². The molecule has 0 aliphatic heterocycles. The average molecular weight is 396 g/mol. The molecule has 1 aromatic heterocycles. The molecular formula is C17H19Cl2N5O2. The summed E-state index contributed by atoms with van der Waals surface area (Å²) in [6.45, 7) is 1.68. The van der Waals surface area contributed by atoms with Gasteiger partial charge in [-0.25, -0.2) is 9.97 Å². The maximum Gasteiger partial charge on any atom is 0.165 e. The molecule has 1 fully saturated rings. The number of aliphatic hydroxyl groups is 2. The first-order valence-corrected chi connectivity index (χ1v) is 8.98. The molecule has 0 amide bonds. The molecule has 2 aromatic rings. The summed E-state index contributed by atoms with van der Waals surface area (Å²) in [5.41, 5.74) is 0.947. The Hall–Kier alpha value is -1.80.